The third-order valence-corrected chi connectivity index (χ3v) is 5.14. The fraction of sp³-hybridized carbons (Fsp3) is 0.227. The summed E-state index contributed by atoms with van der Waals surface area (Å²) in [6.45, 7) is 5.06. The Balaban J connectivity index is 1.89. The number of likely N-dealkylation sites (N-methyl/N-ethyl adjacent to an activating group) is 1. The number of nitrogens with zero attached hydrogens (tertiary/aromatic N) is 2. The van der Waals surface area contributed by atoms with E-state index in [4.69, 9.17) is 28.8 Å². The van der Waals surface area contributed by atoms with E-state index in [1.165, 1.54) is 0 Å². The van der Waals surface area contributed by atoms with Gasteiger partial charge in [0, 0.05) is 36.3 Å². The van der Waals surface area contributed by atoms with Crippen molar-refractivity contribution in [3.8, 4) is 0 Å². The summed E-state index contributed by atoms with van der Waals surface area (Å²) < 4.78 is 0. The molecule has 1 amide bonds. The molecule has 0 bridgehead atoms. The molecule has 0 aliphatic carbocycles. The van der Waals surface area contributed by atoms with Crippen LogP contribution >= 0.6 is 23.8 Å². The lowest BCUT2D eigenvalue weighted by Crippen LogP contribution is -2.49. The van der Waals surface area contributed by atoms with Gasteiger partial charge in [-0.2, -0.15) is 0 Å². The van der Waals surface area contributed by atoms with E-state index in [0.29, 0.717) is 22.4 Å². The topological polar surface area (TPSA) is 68.8 Å². The summed E-state index contributed by atoms with van der Waals surface area (Å²) in [6, 6.07) is 15.2. The second-order valence-corrected chi connectivity index (χ2v) is 7.56. The van der Waals surface area contributed by atoms with E-state index >= 15 is 0 Å². The van der Waals surface area contributed by atoms with Crippen LogP contribution in [0.3, 0.4) is 0 Å². The first-order valence-corrected chi connectivity index (χ1v) is 10.4. The van der Waals surface area contributed by atoms with Crippen molar-refractivity contribution in [2.75, 3.05) is 25.0 Å². The van der Waals surface area contributed by atoms with Gasteiger partial charge in [0.05, 0.1) is 11.4 Å². The van der Waals surface area contributed by atoms with Gasteiger partial charge in [-0.15, -0.1) is 0 Å². The fourth-order valence-corrected chi connectivity index (χ4v) is 3.52. The van der Waals surface area contributed by atoms with E-state index in [-0.39, 0.29) is 5.91 Å². The zero-order valence-electron chi connectivity index (χ0n) is 16.7. The van der Waals surface area contributed by atoms with Crippen LogP contribution in [0, 0.1) is 0 Å². The molecule has 156 valence electrons. The number of hydrogen-bond donors (Lipinski definition) is 3. The number of rotatable bonds is 7. The van der Waals surface area contributed by atoms with Crippen molar-refractivity contribution >= 4 is 46.2 Å². The fourth-order valence-electron chi connectivity index (χ4n) is 3.14. The Bertz CT molecular complexity index is 963. The zero-order chi connectivity index (χ0) is 21.5. The highest BCUT2D eigenvalue weighted by molar-refractivity contribution is 7.80. The maximum atomic E-state index is 13.1. The van der Waals surface area contributed by atoms with Crippen molar-refractivity contribution in [2.24, 2.45) is 4.99 Å². The van der Waals surface area contributed by atoms with Gasteiger partial charge in [0.2, 0.25) is 6.17 Å². The lowest BCUT2D eigenvalue weighted by Gasteiger charge is -2.22. The SMILES string of the molecule is C=CNCCCNC(=S)NC1N=C(c2ccccc2)c2cc(Cl)ccc2N(C)C1=O. The van der Waals surface area contributed by atoms with Gasteiger partial charge in [0.25, 0.3) is 5.91 Å². The Hall–Kier alpha value is -2.90. The van der Waals surface area contributed by atoms with Crippen LogP contribution < -0.4 is 20.9 Å². The Kier molecular flexibility index (Phi) is 7.43. The van der Waals surface area contributed by atoms with Crippen molar-refractivity contribution in [1.82, 2.24) is 16.0 Å². The van der Waals surface area contributed by atoms with E-state index in [9.17, 15) is 4.79 Å². The molecule has 30 heavy (non-hydrogen) atoms. The molecule has 0 fully saturated rings. The minimum atomic E-state index is -0.859. The van der Waals surface area contributed by atoms with Gasteiger partial charge in [-0.1, -0.05) is 48.5 Å². The minimum absolute atomic E-state index is 0.207. The number of thiocarbonyl (C=S) groups is 1. The molecule has 1 aliphatic rings. The van der Waals surface area contributed by atoms with Gasteiger partial charge in [-0.3, -0.25) is 4.79 Å². The number of aliphatic imine (C=N–C) groups is 1. The summed E-state index contributed by atoms with van der Waals surface area (Å²) in [6.07, 6.45) is 1.65. The number of fused-ring (bicyclic) bond motifs is 1. The predicted molar refractivity (Wildman–Crippen MR) is 127 cm³/mol. The standard InChI is InChI=1S/C22H24ClN5OS/c1-3-24-12-7-13-25-22(30)27-20-21(29)28(2)18-11-10-16(23)14-17(18)19(26-20)15-8-5-4-6-9-15/h3-6,8-11,14,20,24H,1,7,12-13H2,2H3,(H2,25,27,30). The third-order valence-electron chi connectivity index (χ3n) is 4.64. The molecule has 3 rings (SSSR count). The van der Waals surface area contributed by atoms with E-state index in [1.54, 1.807) is 24.2 Å². The number of amides is 1. The number of hydrogen-bond acceptors (Lipinski definition) is 4. The molecule has 0 aromatic heterocycles. The average molecular weight is 442 g/mol. The summed E-state index contributed by atoms with van der Waals surface area (Å²) in [5.74, 6) is -0.207. The van der Waals surface area contributed by atoms with Gasteiger partial charge in [0.15, 0.2) is 5.11 Å². The van der Waals surface area contributed by atoms with Crippen molar-refractivity contribution in [3.05, 3.63) is 77.5 Å². The number of benzene rings is 2. The molecule has 8 heteroatoms. The average Bonchev–Trinajstić information content (AvgIpc) is 2.84. The van der Waals surface area contributed by atoms with E-state index < -0.39 is 6.17 Å². The maximum absolute atomic E-state index is 13.1. The molecule has 0 saturated carbocycles. The first-order chi connectivity index (χ1) is 14.5. The number of benzodiazepines with no additional fused rings is 1. The van der Waals surface area contributed by atoms with Crippen molar-refractivity contribution in [3.63, 3.8) is 0 Å². The van der Waals surface area contributed by atoms with Gasteiger partial charge in [-0.25, -0.2) is 4.99 Å². The molecule has 2 aromatic rings. The van der Waals surface area contributed by atoms with Crippen LogP contribution in [0.2, 0.25) is 5.02 Å². The molecule has 2 aromatic carbocycles. The van der Waals surface area contributed by atoms with Crippen LogP contribution in [0.15, 0.2) is 66.3 Å². The van der Waals surface area contributed by atoms with Gasteiger partial charge in [-0.05, 0) is 43.0 Å². The van der Waals surface area contributed by atoms with Crippen LogP contribution in [-0.4, -0.2) is 43.0 Å². The van der Waals surface area contributed by atoms with Crippen LogP contribution in [-0.2, 0) is 4.79 Å². The van der Waals surface area contributed by atoms with Crippen LogP contribution in [0.5, 0.6) is 0 Å². The first-order valence-electron chi connectivity index (χ1n) is 9.60. The molecule has 0 saturated heterocycles. The van der Waals surface area contributed by atoms with Gasteiger partial charge >= 0.3 is 0 Å². The van der Waals surface area contributed by atoms with Crippen LogP contribution in [0.4, 0.5) is 5.69 Å². The lowest BCUT2D eigenvalue weighted by atomic mass is 10.0. The van der Waals surface area contributed by atoms with Crippen molar-refractivity contribution < 1.29 is 4.79 Å². The Morgan fingerprint density at radius 3 is 2.77 bits per heavy atom. The molecule has 6 nitrogen and oxygen atoms in total. The number of anilines is 1. The van der Waals surface area contributed by atoms with Crippen LogP contribution in [0.25, 0.3) is 0 Å². The highest BCUT2D eigenvalue weighted by Gasteiger charge is 2.30. The highest BCUT2D eigenvalue weighted by atomic mass is 35.5. The Morgan fingerprint density at radius 1 is 1.27 bits per heavy atom. The summed E-state index contributed by atoms with van der Waals surface area (Å²) in [7, 11) is 1.73. The Labute approximate surface area is 187 Å². The maximum Gasteiger partial charge on any atom is 0.272 e. The second-order valence-electron chi connectivity index (χ2n) is 6.72. The van der Waals surface area contributed by atoms with Gasteiger partial charge in [0.1, 0.15) is 0 Å². The molecule has 3 N–H and O–H groups in total. The quantitative estimate of drug-likeness (QED) is 0.455. The highest BCUT2D eigenvalue weighted by Crippen LogP contribution is 2.29. The molecule has 0 spiro atoms. The molecular weight excluding hydrogens is 418 g/mol. The minimum Gasteiger partial charge on any atom is -0.391 e. The zero-order valence-corrected chi connectivity index (χ0v) is 18.3. The first kappa shape index (κ1) is 21.8. The number of nitrogens with one attached hydrogen (secondary N) is 3. The largest absolute Gasteiger partial charge is 0.391 e. The molecule has 1 aliphatic heterocycles. The smallest absolute Gasteiger partial charge is 0.272 e. The lowest BCUT2D eigenvalue weighted by molar-refractivity contribution is -0.119. The van der Waals surface area contributed by atoms with Crippen molar-refractivity contribution in [1.29, 1.82) is 0 Å². The number of halogens is 1. The summed E-state index contributed by atoms with van der Waals surface area (Å²) in [5, 5.41) is 10.1. The number of carbonyl (C=O) groups excluding carboxylic acids is 1. The number of carbonyl (C=O) groups is 1. The van der Waals surface area contributed by atoms with E-state index in [1.807, 2.05) is 42.5 Å². The van der Waals surface area contributed by atoms with Crippen molar-refractivity contribution in [2.45, 2.75) is 12.6 Å². The van der Waals surface area contributed by atoms with Crippen LogP contribution in [0.1, 0.15) is 17.5 Å². The van der Waals surface area contributed by atoms with E-state index in [0.717, 1.165) is 29.8 Å². The van der Waals surface area contributed by atoms with E-state index in [2.05, 4.69) is 22.5 Å². The molecule has 1 unspecified atom stereocenters. The van der Waals surface area contributed by atoms with Gasteiger partial charge < -0.3 is 20.9 Å². The monoisotopic (exact) mass is 441 g/mol. The molecule has 1 atom stereocenters. The molecule has 1 heterocycles. The Morgan fingerprint density at radius 2 is 2.03 bits per heavy atom. The third kappa shape index (κ3) is 5.17. The predicted octanol–water partition coefficient (Wildman–Crippen LogP) is 3.07. The normalized spacial score (nSPS) is 15.5. The summed E-state index contributed by atoms with van der Waals surface area (Å²) >= 11 is 11.7. The second kappa shape index (κ2) is 10.2. The molecular formula is C22H24ClN5OS. The summed E-state index contributed by atoms with van der Waals surface area (Å²) in [4.78, 5) is 19.5. The molecule has 0 radical (unpaired) electrons. The summed E-state index contributed by atoms with van der Waals surface area (Å²) in [5.41, 5.74) is 3.11.